The third kappa shape index (κ3) is 5.45. The highest BCUT2D eigenvalue weighted by atomic mass is 16.5. The molecule has 0 bridgehead atoms. The number of nitrogens with zero attached hydrogens (tertiary/aromatic N) is 1. The Morgan fingerprint density at radius 2 is 1.64 bits per heavy atom. The van der Waals surface area contributed by atoms with Crippen molar-refractivity contribution in [1.29, 1.82) is 0 Å². The van der Waals surface area contributed by atoms with Crippen LogP contribution in [0.2, 0.25) is 0 Å². The van der Waals surface area contributed by atoms with Crippen LogP contribution in [0.25, 0.3) is 5.76 Å². The van der Waals surface area contributed by atoms with Crippen LogP contribution in [-0.4, -0.2) is 48.6 Å². The van der Waals surface area contributed by atoms with Crippen molar-refractivity contribution in [2.24, 2.45) is 5.92 Å². The summed E-state index contributed by atoms with van der Waals surface area (Å²) in [5, 5.41) is 11.1. The summed E-state index contributed by atoms with van der Waals surface area (Å²) < 4.78 is 10.9. The molecule has 1 N–H and O–H groups in total. The smallest absolute Gasteiger partial charge is 0.295 e. The van der Waals surface area contributed by atoms with Crippen LogP contribution in [0.3, 0.4) is 0 Å². The van der Waals surface area contributed by atoms with Crippen LogP contribution in [0.1, 0.15) is 56.3 Å². The first-order chi connectivity index (χ1) is 15.7. The van der Waals surface area contributed by atoms with E-state index in [1.54, 1.807) is 31.4 Å². The molecule has 6 heteroatoms. The van der Waals surface area contributed by atoms with E-state index in [-0.39, 0.29) is 24.5 Å². The molecule has 33 heavy (non-hydrogen) atoms. The number of aliphatic hydroxyl groups is 1. The highest BCUT2D eigenvalue weighted by Crippen LogP contribution is 2.39. The van der Waals surface area contributed by atoms with Crippen LogP contribution in [0.4, 0.5) is 0 Å². The highest BCUT2D eigenvalue weighted by Gasteiger charge is 2.45. The van der Waals surface area contributed by atoms with Crippen LogP contribution in [0.15, 0.2) is 54.1 Å². The normalized spacial score (nSPS) is 17.9. The molecule has 1 heterocycles. The Labute approximate surface area is 195 Å². The molecule has 1 fully saturated rings. The van der Waals surface area contributed by atoms with Crippen molar-refractivity contribution in [2.75, 3.05) is 26.9 Å². The molecule has 1 saturated heterocycles. The van der Waals surface area contributed by atoms with Gasteiger partial charge in [-0.3, -0.25) is 9.59 Å². The highest BCUT2D eigenvalue weighted by molar-refractivity contribution is 6.46. The minimum atomic E-state index is -0.693. The molecule has 0 radical (unpaired) electrons. The monoisotopic (exact) mass is 451 g/mol. The summed E-state index contributed by atoms with van der Waals surface area (Å²) in [6.07, 6.45) is 0. The average Bonchev–Trinajstić information content (AvgIpc) is 3.06. The van der Waals surface area contributed by atoms with E-state index in [4.69, 9.17) is 9.47 Å². The van der Waals surface area contributed by atoms with E-state index in [9.17, 15) is 14.7 Å². The van der Waals surface area contributed by atoms with Gasteiger partial charge < -0.3 is 19.5 Å². The predicted octanol–water partition coefficient (Wildman–Crippen LogP) is 4.91. The molecule has 6 nitrogen and oxygen atoms in total. The fourth-order valence-corrected chi connectivity index (χ4v) is 3.84. The number of benzene rings is 2. The Morgan fingerprint density at radius 1 is 1.00 bits per heavy atom. The number of methoxy groups -OCH3 is 1. The van der Waals surface area contributed by atoms with Crippen molar-refractivity contribution in [3.63, 3.8) is 0 Å². The first kappa shape index (κ1) is 24.5. The van der Waals surface area contributed by atoms with Crippen molar-refractivity contribution in [3.8, 4) is 5.75 Å². The standard InChI is InChI=1S/C27H33NO5/c1-17(2)16-33-22-12-10-21(11-13-22)25(29)23-24(20-8-6-19(7-9-20)18(3)4)28(14-15-32-5)27(31)26(23)30/h6-13,17-18,24,29H,14-16H2,1-5H3/b25-23-. The molecule has 0 aromatic heterocycles. The van der Waals surface area contributed by atoms with Crippen molar-refractivity contribution in [3.05, 3.63) is 70.8 Å². The fourth-order valence-electron chi connectivity index (χ4n) is 3.84. The maximum Gasteiger partial charge on any atom is 0.295 e. The summed E-state index contributed by atoms with van der Waals surface area (Å²) in [6, 6.07) is 14.1. The second-order valence-corrected chi connectivity index (χ2v) is 9.04. The van der Waals surface area contributed by atoms with Crippen LogP contribution < -0.4 is 4.74 Å². The van der Waals surface area contributed by atoms with Crippen molar-refractivity contribution in [2.45, 2.75) is 39.7 Å². The summed E-state index contributed by atoms with van der Waals surface area (Å²) in [5.74, 6) is -0.0908. The van der Waals surface area contributed by atoms with Crippen molar-refractivity contribution >= 4 is 17.4 Å². The Kier molecular flexibility index (Phi) is 7.92. The Morgan fingerprint density at radius 3 is 2.18 bits per heavy atom. The molecular weight excluding hydrogens is 418 g/mol. The molecule has 0 aliphatic carbocycles. The van der Waals surface area contributed by atoms with E-state index >= 15 is 0 Å². The van der Waals surface area contributed by atoms with Gasteiger partial charge in [-0.25, -0.2) is 0 Å². The lowest BCUT2D eigenvalue weighted by Crippen LogP contribution is -2.32. The molecule has 2 aromatic carbocycles. The number of amides is 1. The van der Waals surface area contributed by atoms with E-state index in [0.29, 0.717) is 29.8 Å². The number of carbonyl (C=O) groups is 2. The lowest BCUT2D eigenvalue weighted by Gasteiger charge is -2.25. The van der Waals surface area contributed by atoms with Gasteiger partial charge in [-0.15, -0.1) is 0 Å². The number of likely N-dealkylation sites (tertiary alicyclic amines) is 1. The molecule has 1 unspecified atom stereocenters. The zero-order valence-electron chi connectivity index (χ0n) is 20.0. The van der Waals surface area contributed by atoms with Gasteiger partial charge in [0, 0.05) is 19.2 Å². The number of Topliss-reactive ketones (excluding diaryl/α,β-unsaturated/α-hetero) is 1. The molecule has 1 aliphatic rings. The van der Waals surface area contributed by atoms with Crippen LogP contribution in [-0.2, 0) is 14.3 Å². The van der Waals surface area contributed by atoms with Gasteiger partial charge in [0.25, 0.3) is 11.7 Å². The first-order valence-corrected chi connectivity index (χ1v) is 11.3. The molecule has 176 valence electrons. The van der Waals surface area contributed by atoms with Gasteiger partial charge >= 0.3 is 0 Å². The Hall–Kier alpha value is -3.12. The minimum absolute atomic E-state index is 0.0873. The number of hydrogen-bond acceptors (Lipinski definition) is 5. The lowest BCUT2D eigenvalue weighted by molar-refractivity contribution is -0.140. The molecule has 1 amide bonds. The average molecular weight is 452 g/mol. The molecule has 1 atom stereocenters. The van der Waals surface area contributed by atoms with Gasteiger partial charge in [-0.1, -0.05) is 52.0 Å². The molecule has 3 rings (SSSR count). The summed E-state index contributed by atoms with van der Waals surface area (Å²) in [4.78, 5) is 27.4. The van der Waals surface area contributed by atoms with Gasteiger partial charge in [-0.2, -0.15) is 0 Å². The van der Waals surface area contributed by atoms with E-state index in [2.05, 4.69) is 27.7 Å². The fraction of sp³-hybridized carbons (Fsp3) is 0.407. The van der Waals surface area contributed by atoms with Gasteiger partial charge in [0.05, 0.1) is 24.8 Å². The van der Waals surface area contributed by atoms with E-state index in [1.165, 1.54) is 4.90 Å². The number of ketones is 1. The molecular formula is C27H33NO5. The zero-order chi connectivity index (χ0) is 24.1. The maximum absolute atomic E-state index is 13.0. The minimum Gasteiger partial charge on any atom is -0.507 e. The second-order valence-electron chi connectivity index (χ2n) is 9.04. The van der Waals surface area contributed by atoms with Gasteiger partial charge in [0.1, 0.15) is 11.5 Å². The summed E-state index contributed by atoms with van der Waals surface area (Å²) in [6.45, 7) is 9.46. The third-order valence-corrected chi connectivity index (χ3v) is 5.71. The van der Waals surface area contributed by atoms with Crippen LogP contribution in [0, 0.1) is 5.92 Å². The van der Waals surface area contributed by atoms with Gasteiger partial charge in [-0.05, 0) is 47.2 Å². The summed E-state index contributed by atoms with van der Waals surface area (Å²) in [7, 11) is 1.55. The number of ether oxygens (including phenoxy) is 2. The van der Waals surface area contributed by atoms with E-state index < -0.39 is 17.7 Å². The van der Waals surface area contributed by atoms with Gasteiger partial charge in [0.15, 0.2) is 0 Å². The topological polar surface area (TPSA) is 76.1 Å². The number of rotatable bonds is 9. The van der Waals surface area contributed by atoms with E-state index in [1.807, 2.05) is 24.3 Å². The van der Waals surface area contributed by atoms with Crippen LogP contribution >= 0.6 is 0 Å². The molecule has 0 spiro atoms. The quantitative estimate of drug-likeness (QED) is 0.333. The lowest BCUT2D eigenvalue weighted by atomic mass is 9.93. The number of carbonyl (C=O) groups excluding carboxylic acids is 2. The molecule has 1 aliphatic heterocycles. The van der Waals surface area contributed by atoms with Crippen molar-refractivity contribution < 1.29 is 24.2 Å². The SMILES string of the molecule is COCCN1C(=O)C(=O)/C(=C(\O)c2ccc(OCC(C)C)cc2)C1c1ccc(C(C)C)cc1. The predicted molar refractivity (Wildman–Crippen MR) is 128 cm³/mol. The maximum atomic E-state index is 13.0. The summed E-state index contributed by atoms with van der Waals surface area (Å²) in [5.41, 5.74) is 2.47. The first-order valence-electron chi connectivity index (χ1n) is 11.3. The van der Waals surface area contributed by atoms with E-state index in [0.717, 1.165) is 11.1 Å². The van der Waals surface area contributed by atoms with Gasteiger partial charge in [0.2, 0.25) is 0 Å². The zero-order valence-corrected chi connectivity index (χ0v) is 20.0. The third-order valence-electron chi connectivity index (χ3n) is 5.71. The molecule has 0 saturated carbocycles. The number of aliphatic hydroxyl groups excluding tert-OH is 1. The second kappa shape index (κ2) is 10.7. The Balaban J connectivity index is 2.02. The van der Waals surface area contributed by atoms with Crippen molar-refractivity contribution in [1.82, 2.24) is 4.90 Å². The largest absolute Gasteiger partial charge is 0.507 e. The number of hydrogen-bond donors (Lipinski definition) is 1. The molecule has 2 aromatic rings. The van der Waals surface area contributed by atoms with Crippen LogP contribution in [0.5, 0.6) is 5.75 Å². The Bertz CT molecular complexity index is 1010. The summed E-state index contributed by atoms with van der Waals surface area (Å²) >= 11 is 0.